The lowest BCUT2D eigenvalue weighted by atomic mass is 10.1. The van der Waals surface area contributed by atoms with Crippen molar-refractivity contribution in [2.45, 2.75) is 39.4 Å². The molecule has 4 aromatic rings. The van der Waals surface area contributed by atoms with Crippen LogP contribution in [0.5, 0.6) is 0 Å². The summed E-state index contributed by atoms with van der Waals surface area (Å²) >= 11 is 1.20. The summed E-state index contributed by atoms with van der Waals surface area (Å²) in [5, 5.41) is 8.71. The van der Waals surface area contributed by atoms with Crippen LogP contribution in [0, 0.1) is 12.7 Å². The van der Waals surface area contributed by atoms with Gasteiger partial charge in [-0.3, -0.25) is 0 Å². The second-order valence-electron chi connectivity index (χ2n) is 8.25. The summed E-state index contributed by atoms with van der Waals surface area (Å²) in [6.45, 7) is 7.08. The van der Waals surface area contributed by atoms with Crippen LogP contribution in [0.2, 0.25) is 0 Å². The molecule has 0 amide bonds. The number of halogens is 4. The summed E-state index contributed by atoms with van der Waals surface area (Å²) in [5.74, 6) is -0.272. The summed E-state index contributed by atoms with van der Waals surface area (Å²) in [6.07, 6.45) is -1.31. The molecular formula is C21H20F4N6S. The fraction of sp³-hybridized carbons (Fsp3) is 0.286. The Morgan fingerprint density at radius 3 is 2.44 bits per heavy atom. The van der Waals surface area contributed by atoms with E-state index in [0.29, 0.717) is 22.1 Å². The summed E-state index contributed by atoms with van der Waals surface area (Å²) in [5.41, 5.74) is 0.509. The molecule has 11 heteroatoms. The van der Waals surface area contributed by atoms with Crippen molar-refractivity contribution in [3.8, 4) is 16.9 Å². The average Bonchev–Trinajstić information content (AvgIpc) is 3.40. The molecule has 32 heavy (non-hydrogen) atoms. The van der Waals surface area contributed by atoms with Gasteiger partial charge in [-0.05, 0) is 39.8 Å². The highest BCUT2D eigenvalue weighted by Crippen LogP contribution is 2.35. The molecule has 0 aliphatic carbocycles. The molecule has 0 saturated heterocycles. The average molecular weight is 464 g/mol. The number of anilines is 2. The minimum absolute atomic E-state index is 0.169. The van der Waals surface area contributed by atoms with Crippen molar-refractivity contribution in [2.75, 3.05) is 5.32 Å². The number of nitrogens with one attached hydrogen (secondary N) is 1. The smallest absolute Gasteiger partial charge is 0.316 e. The van der Waals surface area contributed by atoms with Gasteiger partial charge in [0.2, 0.25) is 0 Å². The molecule has 168 valence electrons. The van der Waals surface area contributed by atoms with Gasteiger partial charge in [0, 0.05) is 23.2 Å². The summed E-state index contributed by atoms with van der Waals surface area (Å²) in [4.78, 5) is 8.52. The minimum atomic E-state index is -4.56. The lowest BCUT2D eigenvalue weighted by molar-refractivity contribution is -0.141. The van der Waals surface area contributed by atoms with E-state index in [1.807, 2.05) is 6.92 Å². The Kier molecular flexibility index (Phi) is 5.32. The van der Waals surface area contributed by atoms with Gasteiger partial charge in [-0.1, -0.05) is 6.07 Å². The Morgan fingerprint density at radius 2 is 1.84 bits per heavy atom. The van der Waals surface area contributed by atoms with Crippen LogP contribution in [-0.4, -0.2) is 24.3 Å². The summed E-state index contributed by atoms with van der Waals surface area (Å²) in [7, 11) is 0. The lowest BCUT2D eigenvalue weighted by Gasteiger charge is -2.22. The SMILES string of the molecule is Cc1cn(-c2ccc(-c3csc(Nc4cc(C(F)(F)F)nn4C(C)(C)C)n3)cc2F)cn1. The van der Waals surface area contributed by atoms with Gasteiger partial charge in [0.15, 0.2) is 10.8 Å². The number of imidazole rings is 1. The Morgan fingerprint density at radius 1 is 1.09 bits per heavy atom. The van der Waals surface area contributed by atoms with E-state index in [2.05, 4.69) is 20.4 Å². The topological polar surface area (TPSA) is 60.6 Å². The number of alkyl halides is 3. The van der Waals surface area contributed by atoms with E-state index >= 15 is 0 Å². The maximum Gasteiger partial charge on any atom is 0.435 e. The molecule has 0 aliphatic rings. The number of hydrogen-bond acceptors (Lipinski definition) is 5. The molecule has 3 heterocycles. The largest absolute Gasteiger partial charge is 0.435 e. The van der Waals surface area contributed by atoms with Crippen LogP contribution in [0.1, 0.15) is 32.2 Å². The van der Waals surface area contributed by atoms with Crippen LogP contribution >= 0.6 is 11.3 Å². The van der Waals surface area contributed by atoms with Gasteiger partial charge in [0.05, 0.1) is 28.9 Å². The van der Waals surface area contributed by atoms with E-state index in [1.165, 1.54) is 28.4 Å². The Bertz CT molecular complexity index is 1260. The number of benzene rings is 1. The van der Waals surface area contributed by atoms with Crippen molar-refractivity contribution in [3.05, 3.63) is 59.4 Å². The Hall–Kier alpha value is -3.21. The molecule has 0 bridgehead atoms. The van der Waals surface area contributed by atoms with Crippen LogP contribution in [0.25, 0.3) is 16.9 Å². The molecule has 0 unspecified atom stereocenters. The molecule has 4 rings (SSSR count). The third kappa shape index (κ3) is 4.38. The van der Waals surface area contributed by atoms with Gasteiger partial charge < -0.3 is 9.88 Å². The predicted octanol–water partition coefficient (Wildman–Crippen LogP) is 6.16. The van der Waals surface area contributed by atoms with E-state index in [9.17, 15) is 17.6 Å². The number of hydrogen-bond donors (Lipinski definition) is 1. The number of aromatic nitrogens is 5. The van der Waals surface area contributed by atoms with Gasteiger partial charge in [-0.2, -0.15) is 18.3 Å². The summed E-state index contributed by atoms with van der Waals surface area (Å²) < 4.78 is 57.1. The second-order valence-corrected chi connectivity index (χ2v) is 9.10. The Labute approximate surface area is 185 Å². The van der Waals surface area contributed by atoms with E-state index in [0.717, 1.165) is 11.8 Å². The molecule has 0 saturated carbocycles. The van der Waals surface area contributed by atoms with Crippen LogP contribution in [0.4, 0.5) is 28.5 Å². The summed E-state index contributed by atoms with van der Waals surface area (Å²) in [6, 6.07) is 5.68. The van der Waals surface area contributed by atoms with Crippen molar-refractivity contribution < 1.29 is 17.6 Å². The maximum atomic E-state index is 14.7. The standard InChI is InChI=1S/C21H20F4N6S/c1-12-9-30(11-26-12)16-6-5-13(7-14(16)22)15-10-32-19(27-15)28-18-8-17(21(23,24)25)29-31(18)20(2,3)4/h5-11H,1-4H3,(H,27,28). The Balaban J connectivity index is 1.61. The highest BCUT2D eigenvalue weighted by Gasteiger charge is 2.36. The third-order valence-electron chi connectivity index (χ3n) is 4.61. The zero-order valence-electron chi connectivity index (χ0n) is 17.7. The number of nitrogens with zero attached hydrogens (tertiary/aromatic N) is 5. The molecule has 0 aliphatic heterocycles. The fourth-order valence-corrected chi connectivity index (χ4v) is 3.85. The normalized spacial score (nSPS) is 12.4. The molecule has 0 atom stereocenters. The van der Waals surface area contributed by atoms with Crippen molar-refractivity contribution in [1.29, 1.82) is 0 Å². The number of aryl methyl sites for hydroxylation is 1. The van der Waals surface area contributed by atoms with E-state index in [-0.39, 0.29) is 5.82 Å². The highest BCUT2D eigenvalue weighted by atomic mass is 32.1. The van der Waals surface area contributed by atoms with E-state index in [1.54, 1.807) is 49.0 Å². The van der Waals surface area contributed by atoms with Gasteiger partial charge in [-0.25, -0.2) is 19.0 Å². The first-order chi connectivity index (χ1) is 14.9. The zero-order chi connectivity index (χ0) is 23.3. The molecule has 3 aromatic heterocycles. The fourth-order valence-electron chi connectivity index (χ4n) is 3.12. The van der Waals surface area contributed by atoms with Gasteiger partial charge in [-0.15, -0.1) is 11.3 Å². The van der Waals surface area contributed by atoms with Crippen LogP contribution < -0.4 is 5.32 Å². The molecule has 6 nitrogen and oxygen atoms in total. The first kappa shape index (κ1) is 22.0. The maximum absolute atomic E-state index is 14.7. The minimum Gasteiger partial charge on any atom is -0.316 e. The third-order valence-corrected chi connectivity index (χ3v) is 5.37. The van der Waals surface area contributed by atoms with Crippen molar-refractivity contribution in [2.24, 2.45) is 0 Å². The molecular weight excluding hydrogens is 444 g/mol. The predicted molar refractivity (Wildman–Crippen MR) is 115 cm³/mol. The van der Waals surface area contributed by atoms with Gasteiger partial charge >= 0.3 is 6.18 Å². The number of rotatable bonds is 4. The van der Waals surface area contributed by atoms with Crippen LogP contribution in [0.3, 0.4) is 0 Å². The van der Waals surface area contributed by atoms with Crippen molar-refractivity contribution in [3.63, 3.8) is 0 Å². The molecule has 1 N–H and O–H groups in total. The number of thiazole rings is 1. The van der Waals surface area contributed by atoms with E-state index < -0.39 is 23.2 Å². The molecule has 0 radical (unpaired) electrons. The quantitative estimate of drug-likeness (QED) is 0.368. The monoisotopic (exact) mass is 464 g/mol. The van der Waals surface area contributed by atoms with Crippen LogP contribution in [-0.2, 0) is 11.7 Å². The molecule has 0 fully saturated rings. The van der Waals surface area contributed by atoms with Crippen molar-refractivity contribution >= 4 is 22.3 Å². The molecule has 1 aromatic carbocycles. The lowest BCUT2D eigenvalue weighted by Crippen LogP contribution is -2.25. The molecule has 0 spiro atoms. The van der Waals surface area contributed by atoms with Crippen LogP contribution in [0.15, 0.2) is 42.2 Å². The van der Waals surface area contributed by atoms with Gasteiger partial charge in [0.25, 0.3) is 0 Å². The highest BCUT2D eigenvalue weighted by molar-refractivity contribution is 7.14. The van der Waals surface area contributed by atoms with Crippen molar-refractivity contribution in [1.82, 2.24) is 24.3 Å². The zero-order valence-corrected chi connectivity index (χ0v) is 18.5. The van der Waals surface area contributed by atoms with E-state index in [4.69, 9.17) is 0 Å². The first-order valence-electron chi connectivity index (χ1n) is 9.63. The second kappa shape index (κ2) is 7.73. The van der Waals surface area contributed by atoms with Gasteiger partial charge in [0.1, 0.15) is 11.6 Å². The first-order valence-corrected chi connectivity index (χ1v) is 10.5.